The first-order valence-corrected chi connectivity index (χ1v) is 12.7. The van der Waals surface area contributed by atoms with Crippen LogP contribution < -0.4 is 0 Å². The molecule has 2 nitrogen and oxygen atoms in total. The molecule has 1 fully saturated rings. The maximum absolute atomic E-state index is 13.2. The minimum atomic E-state index is -0.280. The molecule has 31 heavy (non-hydrogen) atoms. The van der Waals surface area contributed by atoms with Gasteiger partial charge in [-0.05, 0) is 59.6 Å². The van der Waals surface area contributed by atoms with Crippen LogP contribution in [0.5, 0.6) is 0 Å². The van der Waals surface area contributed by atoms with Gasteiger partial charge in [-0.15, -0.1) is 35.4 Å². The Morgan fingerprint density at radius 1 is 1.10 bits per heavy atom. The van der Waals surface area contributed by atoms with Crippen molar-refractivity contribution in [2.24, 2.45) is 5.92 Å². The molecule has 0 aromatic heterocycles. The zero-order valence-corrected chi connectivity index (χ0v) is 19.9. The minimum absolute atomic E-state index is 0.000590. The average Bonchev–Trinajstić information content (AvgIpc) is 2.79. The van der Waals surface area contributed by atoms with Crippen molar-refractivity contribution >= 4 is 35.1 Å². The first-order chi connectivity index (χ1) is 15.1. The molecule has 0 N–H and O–H groups in total. The number of allylic oxidation sites excluding steroid dienone is 1. The number of carbonyl (C=O) groups excluding carboxylic acids is 1. The van der Waals surface area contributed by atoms with Gasteiger partial charge in [0.05, 0.1) is 17.1 Å². The van der Waals surface area contributed by atoms with E-state index in [1.807, 2.05) is 36.5 Å². The van der Waals surface area contributed by atoms with E-state index in [4.69, 9.17) is 4.74 Å². The Morgan fingerprint density at radius 2 is 1.77 bits per heavy atom. The molecule has 2 aromatic carbocycles. The molecule has 0 spiro atoms. The van der Waals surface area contributed by atoms with Crippen LogP contribution >= 0.6 is 23.5 Å². The number of methoxy groups -OCH3 is 1. The Labute approximate surface area is 194 Å². The highest BCUT2D eigenvalue weighted by atomic mass is 32.2. The number of ether oxygens (including phenoxy) is 1. The van der Waals surface area contributed by atoms with Gasteiger partial charge in [0.1, 0.15) is 0 Å². The molecule has 2 aromatic rings. The fraction of sp³-hybridized carbons (Fsp3) is 0.370. The van der Waals surface area contributed by atoms with Crippen molar-refractivity contribution in [3.8, 4) is 11.8 Å². The Morgan fingerprint density at radius 3 is 2.42 bits per heavy atom. The van der Waals surface area contributed by atoms with Gasteiger partial charge in [-0.25, -0.2) is 0 Å². The largest absolute Gasteiger partial charge is 0.469 e. The topological polar surface area (TPSA) is 26.3 Å². The van der Waals surface area contributed by atoms with Crippen molar-refractivity contribution < 1.29 is 9.53 Å². The summed E-state index contributed by atoms with van der Waals surface area (Å²) >= 11 is 3.92. The number of thioether (sulfide) groups is 2. The zero-order valence-electron chi connectivity index (χ0n) is 18.3. The lowest BCUT2D eigenvalue weighted by Gasteiger charge is -2.50. The van der Waals surface area contributed by atoms with Crippen LogP contribution in [-0.4, -0.2) is 28.7 Å². The molecular weight excluding hydrogens is 420 g/mol. The maximum atomic E-state index is 13.2. The van der Waals surface area contributed by atoms with Gasteiger partial charge in [0, 0.05) is 12.3 Å². The number of benzene rings is 2. The van der Waals surface area contributed by atoms with E-state index >= 15 is 0 Å². The van der Waals surface area contributed by atoms with Crippen LogP contribution in [0, 0.1) is 24.7 Å². The zero-order chi connectivity index (χ0) is 21.8. The second-order valence-corrected chi connectivity index (χ2v) is 11.0. The second kappa shape index (κ2) is 9.59. The van der Waals surface area contributed by atoms with E-state index in [0.717, 1.165) is 17.9 Å². The second-order valence-electron chi connectivity index (χ2n) is 7.94. The van der Waals surface area contributed by atoms with E-state index in [-0.39, 0.29) is 21.9 Å². The van der Waals surface area contributed by atoms with Gasteiger partial charge < -0.3 is 4.74 Å². The van der Waals surface area contributed by atoms with Crippen LogP contribution in [0.3, 0.4) is 0 Å². The average molecular weight is 449 g/mol. The van der Waals surface area contributed by atoms with E-state index in [2.05, 4.69) is 67.3 Å². The highest BCUT2D eigenvalue weighted by Crippen LogP contribution is 2.64. The third-order valence-electron chi connectivity index (χ3n) is 6.18. The van der Waals surface area contributed by atoms with Crippen LogP contribution in [0.2, 0.25) is 0 Å². The lowest BCUT2D eigenvalue weighted by Crippen LogP contribution is -2.45. The number of rotatable bonds is 5. The Hall–Kier alpha value is -2.09. The fourth-order valence-electron chi connectivity index (χ4n) is 4.75. The molecule has 4 heteroatoms. The maximum Gasteiger partial charge on any atom is 0.313 e. The molecule has 1 saturated heterocycles. The van der Waals surface area contributed by atoms with E-state index in [1.165, 1.54) is 41.4 Å². The SMILES string of the molecule is CC#CCC1(C2=C(c3ccccc3)[C@@H](c3ccccc3C)[C@@H]2C(=O)OC)SCCCS1. The van der Waals surface area contributed by atoms with Crippen LogP contribution in [0.25, 0.3) is 5.57 Å². The Kier molecular flexibility index (Phi) is 6.84. The third-order valence-corrected chi connectivity index (χ3v) is 9.53. The molecule has 2 atom stereocenters. The number of carbonyl (C=O) groups is 1. The molecule has 160 valence electrons. The van der Waals surface area contributed by atoms with Crippen LogP contribution in [0.15, 0.2) is 60.2 Å². The number of esters is 1. The predicted molar refractivity (Wildman–Crippen MR) is 133 cm³/mol. The third kappa shape index (κ3) is 4.06. The van der Waals surface area contributed by atoms with E-state index in [1.54, 1.807) is 0 Å². The van der Waals surface area contributed by atoms with Gasteiger partial charge >= 0.3 is 5.97 Å². The summed E-state index contributed by atoms with van der Waals surface area (Å²) in [6.45, 7) is 4.03. The van der Waals surface area contributed by atoms with Crippen LogP contribution in [0.4, 0.5) is 0 Å². The minimum Gasteiger partial charge on any atom is -0.469 e. The summed E-state index contributed by atoms with van der Waals surface area (Å²) in [5.74, 6) is 8.20. The summed E-state index contributed by atoms with van der Waals surface area (Å²) in [5, 5.41) is 0. The molecule has 0 radical (unpaired) electrons. The number of hydrogen-bond acceptors (Lipinski definition) is 4. The lowest BCUT2D eigenvalue weighted by molar-refractivity contribution is -0.145. The summed E-state index contributed by atoms with van der Waals surface area (Å²) in [4.78, 5) is 13.2. The van der Waals surface area contributed by atoms with E-state index in [0.29, 0.717) is 0 Å². The van der Waals surface area contributed by atoms with Crippen LogP contribution in [-0.2, 0) is 9.53 Å². The summed E-state index contributed by atoms with van der Waals surface area (Å²) in [6, 6.07) is 19.0. The smallest absolute Gasteiger partial charge is 0.313 e. The van der Waals surface area contributed by atoms with Crippen molar-refractivity contribution in [1.82, 2.24) is 0 Å². The van der Waals surface area contributed by atoms with Crippen molar-refractivity contribution in [3.63, 3.8) is 0 Å². The lowest BCUT2D eigenvalue weighted by atomic mass is 9.60. The van der Waals surface area contributed by atoms with Crippen molar-refractivity contribution in [1.29, 1.82) is 0 Å². The van der Waals surface area contributed by atoms with Crippen LogP contribution in [0.1, 0.15) is 42.4 Å². The number of hydrogen-bond donors (Lipinski definition) is 0. The fourth-order valence-corrected chi connectivity index (χ4v) is 8.14. The summed E-state index contributed by atoms with van der Waals surface area (Å²) in [7, 11) is 1.51. The van der Waals surface area contributed by atoms with Crippen molar-refractivity contribution in [2.45, 2.75) is 36.7 Å². The molecule has 1 heterocycles. The van der Waals surface area contributed by atoms with Gasteiger partial charge in [-0.3, -0.25) is 4.79 Å². The molecule has 0 amide bonds. The van der Waals surface area contributed by atoms with Crippen molar-refractivity contribution in [2.75, 3.05) is 18.6 Å². The van der Waals surface area contributed by atoms with Gasteiger partial charge in [-0.2, -0.15) is 0 Å². The van der Waals surface area contributed by atoms with Gasteiger partial charge in [0.2, 0.25) is 0 Å². The van der Waals surface area contributed by atoms with E-state index < -0.39 is 0 Å². The quantitative estimate of drug-likeness (QED) is 0.395. The molecule has 0 saturated carbocycles. The van der Waals surface area contributed by atoms with Gasteiger partial charge in [0.25, 0.3) is 0 Å². The molecular formula is C27H28O2S2. The summed E-state index contributed by atoms with van der Waals surface area (Å²) < 4.78 is 5.17. The molecule has 1 aliphatic carbocycles. The first kappa shape index (κ1) is 22.1. The first-order valence-electron chi connectivity index (χ1n) is 10.7. The summed E-state index contributed by atoms with van der Waals surface area (Å²) in [6.07, 6.45) is 1.94. The molecule has 0 unspecified atom stereocenters. The van der Waals surface area contributed by atoms with Gasteiger partial charge in [-0.1, -0.05) is 54.6 Å². The summed E-state index contributed by atoms with van der Waals surface area (Å²) in [5.41, 5.74) is 6.12. The van der Waals surface area contributed by atoms with Gasteiger partial charge in [0.15, 0.2) is 0 Å². The van der Waals surface area contributed by atoms with E-state index in [9.17, 15) is 4.79 Å². The Balaban J connectivity index is 1.97. The van der Waals surface area contributed by atoms with Crippen molar-refractivity contribution in [3.05, 3.63) is 76.9 Å². The highest BCUT2D eigenvalue weighted by Gasteiger charge is 2.55. The normalized spacial score (nSPS) is 22.2. The molecule has 4 rings (SSSR count). The predicted octanol–water partition coefficient (Wildman–Crippen LogP) is 6.32. The monoisotopic (exact) mass is 448 g/mol. The highest BCUT2D eigenvalue weighted by molar-refractivity contribution is 8.19. The molecule has 0 bridgehead atoms. The molecule has 1 aliphatic heterocycles. The number of aryl methyl sites for hydroxylation is 1. The molecule has 2 aliphatic rings. The standard InChI is InChI=1S/C27H28O2S2/c1-4-5-16-27(30-17-11-18-31-27)25-22(20-13-7-6-8-14-20)23(24(25)26(28)29-3)21-15-10-9-12-19(21)2/h6-10,12-15,23-24H,11,16-18H2,1-3H3/t23-,24+/m1/s1. The Bertz CT molecular complexity index is 1040.